The Kier molecular flexibility index (Phi) is 11.0. The molecule has 0 radical (unpaired) electrons. The summed E-state index contributed by atoms with van der Waals surface area (Å²) < 4.78 is 0. The number of aromatic nitrogens is 1. The summed E-state index contributed by atoms with van der Waals surface area (Å²) in [5.41, 5.74) is 5.72. The number of anilines is 2. The lowest BCUT2D eigenvalue weighted by atomic mass is 10.0. The van der Waals surface area contributed by atoms with Crippen LogP contribution < -0.4 is 10.2 Å². The first kappa shape index (κ1) is 31.0. The van der Waals surface area contributed by atoms with E-state index >= 15 is 0 Å². The van der Waals surface area contributed by atoms with E-state index in [2.05, 4.69) is 22.1 Å². The van der Waals surface area contributed by atoms with Crippen molar-refractivity contribution in [3.63, 3.8) is 0 Å². The Labute approximate surface area is 253 Å². The smallest absolute Gasteiger partial charge is 0.305 e. The van der Waals surface area contributed by atoms with Crippen LogP contribution in [-0.4, -0.2) is 52.9 Å². The summed E-state index contributed by atoms with van der Waals surface area (Å²) in [6.07, 6.45) is 5.29. The van der Waals surface area contributed by atoms with Crippen LogP contribution in [0.3, 0.4) is 0 Å². The number of amides is 2. The van der Waals surface area contributed by atoms with Gasteiger partial charge in [0.25, 0.3) is 5.91 Å². The fraction of sp³-hybridized carbons (Fsp3) is 0.257. The molecule has 3 aromatic carbocycles. The van der Waals surface area contributed by atoms with Crippen LogP contribution in [0.4, 0.5) is 11.4 Å². The fourth-order valence-corrected chi connectivity index (χ4v) is 4.86. The van der Waals surface area contributed by atoms with E-state index < -0.39 is 5.97 Å². The summed E-state index contributed by atoms with van der Waals surface area (Å²) >= 11 is 0. The molecule has 222 valence electrons. The number of rotatable bonds is 14. The molecule has 2 amide bonds. The average Bonchev–Trinajstić information content (AvgIpc) is 3.02. The third-order valence-corrected chi connectivity index (χ3v) is 7.16. The monoisotopic (exact) mass is 578 g/mol. The number of hydrogen-bond acceptors (Lipinski definition) is 5. The molecule has 0 aliphatic rings. The second-order valence-corrected chi connectivity index (χ2v) is 10.5. The molecule has 0 spiro atoms. The average molecular weight is 579 g/mol. The van der Waals surface area contributed by atoms with Gasteiger partial charge in [-0.1, -0.05) is 67.9 Å². The quantitative estimate of drug-likeness (QED) is 0.183. The first-order valence-corrected chi connectivity index (χ1v) is 14.5. The standard InChI is InChI=1S/C35H38N4O4/c1-3-4-19-38(2)32-16-15-29(23-31(32)37-33(40)22-26-10-6-5-7-11-26)28-13-8-12-27(21-28)25-39(20-17-34(41)42)35(43)30-14-9-18-36-24-30/h5-16,18,21,23-24H,3-4,17,19-20,22,25H2,1-2H3,(H,37,40)(H,41,42). The van der Waals surface area contributed by atoms with E-state index in [1.165, 1.54) is 11.1 Å². The zero-order valence-corrected chi connectivity index (χ0v) is 24.7. The Morgan fingerprint density at radius 2 is 1.63 bits per heavy atom. The Balaban J connectivity index is 1.60. The lowest BCUT2D eigenvalue weighted by molar-refractivity contribution is -0.137. The van der Waals surface area contributed by atoms with Gasteiger partial charge in [0.2, 0.25) is 5.91 Å². The molecule has 4 aromatic rings. The number of nitrogens with one attached hydrogen (secondary N) is 1. The van der Waals surface area contributed by atoms with Gasteiger partial charge < -0.3 is 20.2 Å². The van der Waals surface area contributed by atoms with E-state index in [9.17, 15) is 19.5 Å². The number of carboxylic acid groups (broad SMARTS) is 1. The molecular formula is C35H38N4O4. The minimum Gasteiger partial charge on any atom is -0.481 e. The molecule has 4 rings (SSSR count). The number of benzene rings is 3. The van der Waals surface area contributed by atoms with Crippen molar-refractivity contribution in [2.75, 3.05) is 30.4 Å². The largest absolute Gasteiger partial charge is 0.481 e. The third-order valence-electron chi connectivity index (χ3n) is 7.16. The normalized spacial score (nSPS) is 10.7. The van der Waals surface area contributed by atoms with Crippen LogP contribution in [0.5, 0.6) is 0 Å². The number of carboxylic acids is 1. The SMILES string of the molecule is CCCCN(C)c1ccc(-c2cccc(CN(CCC(=O)O)C(=O)c3cccnc3)c2)cc1NC(=O)Cc1ccccc1. The zero-order valence-electron chi connectivity index (χ0n) is 24.7. The maximum atomic E-state index is 13.2. The van der Waals surface area contributed by atoms with Gasteiger partial charge >= 0.3 is 5.97 Å². The molecule has 1 aromatic heterocycles. The molecule has 2 N–H and O–H groups in total. The Morgan fingerprint density at radius 3 is 2.35 bits per heavy atom. The summed E-state index contributed by atoms with van der Waals surface area (Å²) in [7, 11) is 2.03. The Bertz CT molecular complexity index is 1530. The van der Waals surface area contributed by atoms with Crippen LogP contribution in [0, 0.1) is 0 Å². The van der Waals surface area contributed by atoms with Crippen molar-refractivity contribution in [3.8, 4) is 11.1 Å². The van der Waals surface area contributed by atoms with Crippen molar-refractivity contribution in [3.05, 3.63) is 114 Å². The van der Waals surface area contributed by atoms with E-state index in [-0.39, 0.29) is 37.7 Å². The van der Waals surface area contributed by atoms with Crippen molar-refractivity contribution in [1.29, 1.82) is 0 Å². The highest BCUT2D eigenvalue weighted by atomic mass is 16.4. The molecule has 0 aliphatic carbocycles. The predicted molar refractivity (Wildman–Crippen MR) is 170 cm³/mol. The van der Waals surface area contributed by atoms with Gasteiger partial charge in [-0.25, -0.2) is 0 Å². The van der Waals surface area contributed by atoms with Crippen LogP contribution in [0.1, 0.15) is 47.7 Å². The van der Waals surface area contributed by atoms with Crippen LogP contribution in [0.25, 0.3) is 11.1 Å². The van der Waals surface area contributed by atoms with Crippen molar-refractivity contribution in [2.24, 2.45) is 0 Å². The minimum absolute atomic E-state index is 0.0731. The minimum atomic E-state index is -0.969. The second-order valence-electron chi connectivity index (χ2n) is 10.5. The maximum absolute atomic E-state index is 13.2. The predicted octanol–water partition coefficient (Wildman–Crippen LogP) is 6.28. The molecule has 0 bridgehead atoms. The molecule has 0 unspecified atom stereocenters. The highest BCUT2D eigenvalue weighted by Crippen LogP contribution is 2.32. The van der Waals surface area contributed by atoms with Gasteiger partial charge in [-0.15, -0.1) is 0 Å². The number of carbonyl (C=O) groups is 3. The molecule has 43 heavy (non-hydrogen) atoms. The fourth-order valence-electron chi connectivity index (χ4n) is 4.86. The second kappa shape index (κ2) is 15.3. The summed E-state index contributed by atoms with van der Waals surface area (Å²) in [5.74, 6) is -1.34. The number of aliphatic carboxylic acids is 1. The summed E-state index contributed by atoms with van der Waals surface area (Å²) in [6.45, 7) is 3.33. The van der Waals surface area contributed by atoms with Crippen molar-refractivity contribution in [2.45, 2.75) is 39.2 Å². The van der Waals surface area contributed by atoms with Gasteiger partial charge in [0.15, 0.2) is 0 Å². The molecule has 8 heteroatoms. The molecular weight excluding hydrogens is 540 g/mol. The molecule has 8 nitrogen and oxygen atoms in total. The van der Waals surface area contributed by atoms with E-state index in [1.807, 2.05) is 79.8 Å². The summed E-state index contributed by atoms with van der Waals surface area (Å²) in [5, 5.41) is 12.4. The van der Waals surface area contributed by atoms with E-state index in [1.54, 1.807) is 18.3 Å². The first-order chi connectivity index (χ1) is 20.8. The van der Waals surface area contributed by atoms with E-state index in [4.69, 9.17) is 0 Å². The number of unbranched alkanes of at least 4 members (excludes halogenated alkanes) is 1. The van der Waals surface area contributed by atoms with Gasteiger partial charge in [0.05, 0.1) is 29.8 Å². The molecule has 0 fully saturated rings. The van der Waals surface area contributed by atoms with Crippen LogP contribution in [0.15, 0.2) is 97.3 Å². The maximum Gasteiger partial charge on any atom is 0.305 e. The number of pyridine rings is 1. The van der Waals surface area contributed by atoms with Crippen molar-refractivity contribution in [1.82, 2.24) is 9.88 Å². The highest BCUT2D eigenvalue weighted by Gasteiger charge is 2.18. The lowest BCUT2D eigenvalue weighted by Gasteiger charge is -2.24. The van der Waals surface area contributed by atoms with Crippen molar-refractivity contribution >= 4 is 29.2 Å². The molecule has 0 aliphatic heterocycles. The number of carbonyl (C=O) groups excluding carboxylic acids is 2. The molecule has 0 atom stereocenters. The molecule has 0 saturated heterocycles. The molecule has 1 heterocycles. The van der Waals surface area contributed by atoms with Gasteiger partial charge in [0.1, 0.15) is 0 Å². The topological polar surface area (TPSA) is 103 Å². The third kappa shape index (κ3) is 9.00. The van der Waals surface area contributed by atoms with Gasteiger partial charge in [-0.3, -0.25) is 19.4 Å². The van der Waals surface area contributed by atoms with Crippen molar-refractivity contribution < 1.29 is 19.5 Å². The highest BCUT2D eigenvalue weighted by molar-refractivity contribution is 5.97. The summed E-state index contributed by atoms with van der Waals surface area (Å²) in [6, 6.07) is 26.9. The van der Waals surface area contributed by atoms with E-state index in [0.717, 1.165) is 53.0 Å². The first-order valence-electron chi connectivity index (χ1n) is 14.5. The van der Waals surface area contributed by atoms with Crippen LogP contribution in [-0.2, 0) is 22.6 Å². The van der Waals surface area contributed by atoms with Crippen LogP contribution >= 0.6 is 0 Å². The zero-order chi connectivity index (χ0) is 30.6. The lowest BCUT2D eigenvalue weighted by Crippen LogP contribution is -2.32. The number of hydrogen-bond donors (Lipinski definition) is 2. The van der Waals surface area contributed by atoms with Crippen LogP contribution in [0.2, 0.25) is 0 Å². The van der Waals surface area contributed by atoms with Gasteiger partial charge in [0, 0.05) is 39.1 Å². The number of nitrogens with zero attached hydrogens (tertiary/aromatic N) is 3. The van der Waals surface area contributed by atoms with Gasteiger partial charge in [-0.2, -0.15) is 0 Å². The Morgan fingerprint density at radius 1 is 0.860 bits per heavy atom. The Hall–Kier alpha value is -4.98. The summed E-state index contributed by atoms with van der Waals surface area (Å²) in [4.78, 5) is 45.3. The molecule has 0 saturated carbocycles. The van der Waals surface area contributed by atoms with Gasteiger partial charge in [-0.05, 0) is 59.0 Å². The van der Waals surface area contributed by atoms with E-state index in [0.29, 0.717) is 5.56 Å².